The number of aliphatic hydroxyl groups excluding tert-OH is 1. The van der Waals surface area contributed by atoms with Crippen LogP contribution in [0.1, 0.15) is 24.5 Å². The summed E-state index contributed by atoms with van der Waals surface area (Å²) >= 11 is 0. The van der Waals surface area contributed by atoms with Gasteiger partial charge in [0.2, 0.25) is 0 Å². The average Bonchev–Trinajstić information content (AvgIpc) is 2.57. The molecule has 0 saturated heterocycles. The molecule has 2 N–H and O–H groups in total. The van der Waals surface area contributed by atoms with Crippen molar-refractivity contribution in [2.45, 2.75) is 26.4 Å². The Morgan fingerprint density at radius 1 is 1.09 bits per heavy atom. The summed E-state index contributed by atoms with van der Waals surface area (Å²) in [6.07, 6.45) is 1.07. The molecule has 0 radical (unpaired) electrons. The lowest BCUT2D eigenvalue weighted by Gasteiger charge is -2.25. The first-order valence-corrected chi connectivity index (χ1v) is 8.13. The molecular weight excluding hydrogens is 291 g/mol. The fourth-order valence-corrected chi connectivity index (χ4v) is 2.53. The zero-order chi connectivity index (χ0) is 16.5. The van der Waals surface area contributed by atoms with Crippen molar-refractivity contribution in [2.75, 3.05) is 24.6 Å². The van der Waals surface area contributed by atoms with Crippen molar-refractivity contribution in [3.05, 3.63) is 65.5 Å². The summed E-state index contributed by atoms with van der Waals surface area (Å²) in [5.74, 6) is -0.256. The Hall–Kier alpha value is -1.91. The normalized spacial score (nSPS) is 10.7. The number of hydrogen-bond acceptors (Lipinski definition) is 3. The molecule has 0 atom stereocenters. The van der Waals surface area contributed by atoms with Crippen LogP contribution in [0.25, 0.3) is 0 Å². The summed E-state index contributed by atoms with van der Waals surface area (Å²) in [6.45, 7) is 4.74. The molecule has 0 spiro atoms. The first kappa shape index (κ1) is 17.4. The molecule has 0 unspecified atom stereocenters. The van der Waals surface area contributed by atoms with Gasteiger partial charge >= 0.3 is 0 Å². The van der Waals surface area contributed by atoms with Gasteiger partial charge in [-0.2, -0.15) is 0 Å². The monoisotopic (exact) mass is 316 g/mol. The van der Waals surface area contributed by atoms with Crippen LogP contribution in [0.15, 0.2) is 48.5 Å². The molecule has 124 valence electrons. The third-order valence-electron chi connectivity index (χ3n) is 3.69. The van der Waals surface area contributed by atoms with E-state index in [1.54, 1.807) is 6.07 Å². The van der Waals surface area contributed by atoms with Gasteiger partial charge in [0.1, 0.15) is 5.82 Å². The zero-order valence-electron chi connectivity index (χ0n) is 13.6. The second-order valence-electron chi connectivity index (χ2n) is 5.59. The van der Waals surface area contributed by atoms with Crippen LogP contribution in [-0.4, -0.2) is 24.8 Å². The van der Waals surface area contributed by atoms with Gasteiger partial charge in [0.05, 0.1) is 12.3 Å². The number of anilines is 1. The van der Waals surface area contributed by atoms with E-state index in [2.05, 4.69) is 12.2 Å². The molecule has 0 aliphatic carbocycles. The Bertz CT molecular complexity index is 589. The van der Waals surface area contributed by atoms with Crippen LogP contribution in [0.3, 0.4) is 0 Å². The van der Waals surface area contributed by atoms with Crippen molar-refractivity contribution in [1.82, 2.24) is 5.32 Å². The number of benzene rings is 2. The molecule has 0 aromatic heterocycles. The van der Waals surface area contributed by atoms with E-state index in [0.717, 1.165) is 30.6 Å². The van der Waals surface area contributed by atoms with Gasteiger partial charge in [0.25, 0.3) is 0 Å². The van der Waals surface area contributed by atoms with Crippen LogP contribution >= 0.6 is 0 Å². The minimum Gasteiger partial charge on any atom is -0.395 e. The maximum absolute atomic E-state index is 14.3. The summed E-state index contributed by atoms with van der Waals surface area (Å²) in [5.41, 5.74) is 2.68. The van der Waals surface area contributed by atoms with E-state index in [4.69, 9.17) is 0 Å². The second-order valence-corrected chi connectivity index (χ2v) is 5.59. The van der Waals surface area contributed by atoms with Crippen LogP contribution in [0.4, 0.5) is 10.1 Å². The highest BCUT2D eigenvalue weighted by Crippen LogP contribution is 2.23. The minimum atomic E-state index is -0.256. The lowest BCUT2D eigenvalue weighted by Crippen LogP contribution is -2.27. The maximum Gasteiger partial charge on any atom is 0.146 e. The molecular formula is C19H25FN2O. The summed E-state index contributed by atoms with van der Waals surface area (Å²) in [7, 11) is 0. The van der Waals surface area contributed by atoms with Crippen molar-refractivity contribution in [3.63, 3.8) is 0 Å². The Balaban J connectivity index is 2.18. The van der Waals surface area contributed by atoms with Gasteiger partial charge in [-0.3, -0.25) is 0 Å². The highest BCUT2D eigenvalue weighted by atomic mass is 19.1. The number of rotatable bonds is 9. The van der Waals surface area contributed by atoms with Crippen molar-refractivity contribution in [3.8, 4) is 0 Å². The van der Waals surface area contributed by atoms with E-state index >= 15 is 0 Å². The SMILES string of the molecule is CCCNCc1ccc(F)c(N(CCO)Cc2ccccc2)c1. The standard InChI is InChI=1S/C19H25FN2O/c1-2-10-21-14-17-8-9-18(20)19(13-17)22(11-12-23)15-16-6-4-3-5-7-16/h3-9,13,21,23H,2,10-12,14-15H2,1H3. The van der Waals surface area contributed by atoms with E-state index in [-0.39, 0.29) is 12.4 Å². The molecule has 2 aromatic rings. The van der Waals surface area contributed by atoms with Crippen LogP contribution < -0.4 is 10.2 Å². The highest BCUT2D eigenvalue weighted by molar-refractivity contribution is 5.50. The number of aliphatic hydroxyl groups is 1. The quantitative estimate of drug-likeness (QED) is 0.697. The molecule has 0 fully saturated rings. The molecule has 0 aliphatic rings. The lowest BCUT2D eigenvalue weighted by atomic mass is 10.1. The van der Waals surface area contributed by atoms with Gasteiger partial charge in [0, 0.05) is 19.6 Å². The Morgan fingerprint density at radius 3 is 2.57 bits per heavy atom. The summed E-state index contributed by atoms with van der Waals surface area (Å²) in [4.78, 5) is 1.88. The molecule has 0 bridgehead atoms. The van der Waals surface area contributed by atoms with Crippen molar-refractivity contribution in [1.29, 1.82) is 0 Å². The van der Waals surface area contributed by atoms with Crippen LogP contribution in [0.2, 0.25) is 0 Å². The second kappa shape index (κ2) is 9.28. The Labute approximate surface area is 137 Å². The Kier molecular flexibility index (Phi) is 7.04. The van der Waals surface area contributed by atoms with Crippen molar-refractivity contribution in [2.24, 2.45) is 0 Å². The van der Waals surface area contributed by atoms with E-state index in [9.17, 15) is 9.50 Å². The van der Waals surface area contributed by atoms with Gasteiger partial charge in [-0.25, -0.2) is 4.39 Å². The maximum atomic E-state index is 14.3. The zero-order valence-corrected chi connectivity index (χ0v) is 13.6. The molecule has 2 rings (SSSR count). The topological polar surface area (TPSA) is 35.5 Å². The number of nitrogens with one attached hydrogen (secondary N) is 1. The molecule has 0 saturated carbocycles. The predicted octanol–water partition coefficient (Wildman–Crippen LogP) is 3.32. The van der Waals surface area contributed by atoms with Gasteiger partial charge in [0.15, 0.2) is 0 Å². The Morgan fingerprint density at radius 2 is 1.87 bits per heavy atom. The highest BCUT2D eigenvalue weighted by Gasteiger charge is 2.13. The smallest absolute Gasteiger partial charge is 0.146 e. The number of hydrogen-bond donors (Lipinski definition) is 2. The fraction of sp³-hybridized carbons (Fsp3) is 0.368. The summed E-state index contributed by atoms with van der Waals surface area (Å²) in [5, 5.41) is 12.7. The summed E-state index contributed by atoms with van der Waals surface area (Å²) in [6, 6.07) is 15.1. The molecule has 0 amide bonds. The number of nitrogens with zero attached hydrogens (tertiary/aromatic N) is 1. The van der Waals surface area contributed by atoms with E-state index < -0.39 is 0 Å². The van der Waals surface area contributed by atoms with Gasteiger partial charge in [-0.05, 0) is 36.2 Å². The van der Waals surface area contributed by atoms with Gasteiger partial charge in [-0.1, -0.05) is 43.3 Å². The van der Waals surface area contributed by atoms with Crippen LogP contribution in [-0.2, 0) is 13.1 Å². The first-order chi connectivity index (χ1) is 11.2. The molecule has 3 nitrogen and oxygen atoms in total. The molecule has 0 heterocycles. The average molecular weight is 316 g/mol. The van der Waals surface area contributed by atoms with Crippen molar-refractivity contribution >= 4 is 5.69 Å². The predicted molar refractivity (Wildman–Crippen MR) is 93.0 cm³/mol. The van der Waals surface area contributed by atoms with E-state index in [0.29, 0.717) is 18.8 Å². The number of halogens is 1. The molecule has 23 heavy (non-hydrogen) atoms. The lowest BCUT2D eigenvalue weighted by molar-refractivity contribution is 0.301. The summed E-state index contributed by atoms with van der Waals surface area (Å²) < 4.78 is 14.3. The molecule has 4 heteroatoms. The van der Waals surface area contributed by atoms with E-state index in [1.165, 1.54) is 6.07 Å². The van der Waals surface area contributed by atoms with Gasteiger partial charge < -0.3 is 15.3 Å². The van der Waals surface area contributed by atoms with Crippen LogP contribution in [0.5, 0.6) is 0 Å². The van der Waals surface area contributed by atoms with Crippen molar-refractivity contribution < 1.29 is 9.50 Å². The molecule has 2 aromatic carbocycles. The van der Waals surface area contributed by atoms with Crippen LogP contribution in [0, 0.1) is 5.82 Å². The van der Waals surface area contributed by atoms with Gasteiger partial charge in [-0.15, -0.1) is 0 Å². The van der Waals surface area contributed by atoms with E-state index in [1.807, 2.05) is 41.3 Å². The molecule has 0 aliphatic heterocycles. The third-order valence-corrected chi connectivity index (χ3v) is 3.69. The first-order valence-electron chi connectivity index (χ1n) is 8.13. The fourth-order valence-electron chi connectivity index (χ4n) is 2.53. The largest absolute Gasteiger partial charge is 0.395 e. The third kappa shape index (κ3) is 5.34. The minimum absolute atomic E-state index is 0.00934.